The van der Waals surface area contributed by atoms with Crippen molar-refractivity contribution in [1.29, 1.82) is 0 Å². The number of aromatic nitrogens is 1. The van der Waals surface area contributed by atoms with Crippen LogP contribution in [0.5, 0.6) is 0 Å². The minimum atomic E-state index is -0.520. The van der Waals surface area contributed by atoms with Crippen LogP contribution >= 0.6 is 0 Å². The van der Waals surface area contributed by atoms with Crippen molar-refractivity contribution in [3.8, 4) is 11.1 Å². The molecule has 35 heavy (non-hydrogen) atoms. The van der Waals surface area contributed by atoms with Crippen molar-refractivity contribution in [3.05, 3.63) is 77.4 Å². The number of hydrogen-bond acceptors (Lipinski definition) is 4. The van der Waals surface area contributed by atoms with Gasteiger partial charge in [0.05, 0.1) is 11.7 Å². The average molecular weight is 478 g/mol. The van der Waals surface area contributed by atoms with Gasteiger partial charge in [0, 0.05) is 18.2 Å². The Morgan fingerprint density at radius 2 is 1.83 bits per heavy atom. The molecule has 2 heterocycles. The van der Waals surface area contributed by atoms with Crippen LogP contribution in [-0.4, -0.2) is 34.5 Å². The Kier molecular flexibility index (Phi) is 7.34. The van der Waals surface area contributed by atoms with E-state index >= 15 is 0 Å². The lowest BCUT2D eigenvalue weighted by Crippen LogP contribution is -2.48. The quantitative estimate of drug-likeness (QED) is 0.495. The molecule has 1 aliphatic heterocycles. The summed E-state index contributed by atoms with van der Waals surface area (Å²) in [5.74, 6) is -0.475. The molecular weight excluding hydrogens is 445 g/mol. The van der Waals surface area contributed by atoms with Gasteiger partial charge in [-0.3, -0.25) is 9.59 Å². The molecule has 1 fully saturated rings. The number of halogens is 1. The number of benzene rings is 2. The van der Waals surface area contributed by atoms with E-state index < -0.39 is 12.0 Å². The number of nitrogens with zero attached hydrogens (tertiary/aromatic N) is 2. The van der Waals surface area contributed by atoms with E-state index in [0.717, 1.165) is 23.2 Å². The Bertz CT molecular complexity index is 1190. The topological polar surface area (TPSA) is 75.4 Å². The van der Waals surface area contributed by atoms with Crippen LogP contribution in [-0.2, 0) is 9.59 Å². The van der Waals surface area contributed by atoms with Crippen LogP contribution in [0.4, 0.5) is 4.39 Å². The van der Waals surface area contributed by atoms with Crippen molar-refractivity contribution in [3.63, 3.8) is 0 Å². The summed E-state index contributed by atoms with van der Waals surface area (Å²) in [5, 5.41) is 7.00. The third-order valence-corrected chi connectivity index (χ3v) is 6.68. The highest BCUT2D eigenvalue weighted by atomic mass is 19.1. The smallest absolute Gasteiger partial charge is 0.243 e. The first-order chi connectivity index (χ1) is 16.8. The first kappa shape index (κ1) is 24.6. The molecule has 0 radical (unpaired) electrons. The van der Waals surface area contributed by atoms with Crippen molar-refractivity contribution in [2.45, 2.75) is 58.5 Å². The van der Waals surface area contributed by atoms with Crippen molar-refractivity contribution in [1.82, 2.24) is 15.4 Å². The van der Waals surface area contributed by atoms with Crippen LogP contribution in [0, 0.1) is 18.7 Å². The molecule has 1 N–H and O–H groups in total. The molecular formula is C28H32FN3O3. The van der Waals surface area contributed by atoms with E-state index in [4.69, 9.17) is 4.52 Å². The van der Waals surface area contributed by atoms with Crippen LogP contribution < -0.4 is 5.32 Å². The van der Waals surface area contributed by atoms with Gasteiger partial charge in [-0.05, 0) is 49.8 Å². The SMILES string of the molecule is Cc1cc([C@H](C(=O)N2CCC[C@H]2C(=O)N[C@@H](C)c2ccc(-c3ccccc3F)cc2)C(C)C)on1. The number of hydrogen-bond donors (Lipinski definition) is 1. The zero-order chi connectivity index (χ0) is 25.1. The molecule has 0 spiro atoms. The van der Waals surface area contributed by atoms with Gasteiger partial charge >= 0.3 is 0 Å². The summed E-state index contributed by atoms with van der Waals surface area (Å²) in [6.07, 6.45) is 1.40. The zero-order valence-corrected chi connectivity index (χ0v) is 20.6. The lowest BCUT2D eigenvalue weighted by molar-refractivity contribution is -0.141. The number of nitrogens with one attached hydrogen (secondary N) is 1. The van der Waals surface area contributed by atoms with Gasteiger partial charge in [-0.15, -0.1) is 0 Å². The molecule has 184 valence electrons. The summed E-state index contributed by atoms with van der Waals surface area (Å²) in [6, 6.07) is 15.2. The predicted octanol–water partition coefficient (Wildman–Crippen LogP) is 5.40. The Morgan fingerprint density at radius 1 is 1.11 bits per heavy atom. The second-order valence-corrected chi connectivity index (χ2v) is 9.61. The van der Waals surface area contributed by atoms with E-state index in [1.807, 2.05) is 52.0 Å². The molecule has 1 saturated heterocycles. The van der Waals surface area contributed by atoms with E-state index in [-0.39, 0.29) is 29.6 Å². The van der Waals surface area contributed by atoms with Crippen LogP contribution in [0.25, 0.3) is 11.1 Å². The lowest BCUT2D eigenvalue weighted by Gasteiger charge is -2.29. The summed E-state index contributed by atoms with van der Waals surface area (Å²) in [4.78, 5) is 28.4. The molecule has 3 aromatic rings. The van der Waals surface area contributed by atoms with E-state index in [0.29, 0.717) is 24.3 Å². The normalized spacial score (nSPS) is 17.4. The summed E-state index contributed by atoms with van der Waals surface area (Å²) < 4.78 is 19.5. The molecule has 0 aliphatic carbocycles. The predicted molar refractivity (Wildman–Crippen MR) is 132 cm³/mol. The van der Waals surface area contributed by atoms with E-state index in [1.54, 1.807) is 29.2 Å². The maximum Gasteiger partial charge on any atom is 0.243 e. The highest BCUT2D eigenvalue weighted by Gasteiger charge is 2.40. The van der Waals surface area contributed by atoms with Gasteiger partial charge < -0.3 is 14.7 Å². The standard InChI is InChI=1S/C28H32FN3O3/c1-17(2)26(25-16-18(3)31-35-25)28(34)32-15-7-10-24(32)27(33)30-19(4)20-11-13-21(14-12-20)22-8-5-6-9-23(22)29/h5-6,8-9,11-14,16-17,19,24,26H,7,10,15H2,1-4H3,(H,30,33)/t19-,24-,26+/m0/s1. The Morgan fingerprint density at radius 3 is 2.46 bits per heavy atom. The van der Waals surface area contributed by atoms with Crippen molar-refractivity contribution in [2.75, 3.05) is 6.54 Å². The van der Waals surface area contributed by atoms with Gasteiger partial charge in [0.2, 0.25) is 11.8 Å². The summed E-state index contributed by atoms with van der Waals surface area (Å²) >= 11 is 0. The average Bonchev–Trinajstić information content (AvgIpc) is 3.49. The van der Waals surface area contributed by atoms with Crippen LogP contribution in [0.15, 0.2) is 59.1 Å². The summed E-state index contributed by atoms with van der Waals surface area (Å²) in [7, 11) is 0. The second kappa shape index (κ2) is 10.4. The summed E-state index contributed by atoms with van der Waals surface area (Å²) in [6.45, 7) is 8.22. The number of carbonyl (C=O) groups excluding carboxylic acids is 2. The van der Waals surface area contributed by atoms with Gasteiger partial charge in [-0.2, -0.15) is 0 Å². The van der Waals surface area contributed by atoms with Crippen LogP contribution in [0.3, 0.4) is 0 Å². The van der Waals surface area contributed by atoms with E-state index in [9.17, 15) is 14.0 Å². The molecule has 0 unspecified atom stereocenters. The van der Waals surface area contributed by atoms with Gasteiger partial charge in [-0.1, -0.05) is 61.5 Å². The highest BCUT2D eigenvalue weighted by molar-refractivity contribution is 5.91. The number of rotatable bonds is 7. The molecule has 0 saturated carbocycles. The van der Waals surface area contributed by atoms with Crippen molar-refractivity contribution in [2.24, 2.45) is 5.92 Å². The number of carbonyl (C=O) groups is 2. The van der Waals surface area contributed by atoms with Gasteiger partial charge in [0.25, 0.3) is 0 Å². The third-order valence-electron chi connectivity index (χ3n) is 6.68. The van der Waals surface area contributed by atoms with Crippen molar-refractivity contribution >= 4 is 11.8 Å². The van der Waals surface area contributed by atoms with E-state index in [2.05, 4.69) is 10.5 Å². The maximum absolute atomic E-state index is 14.1. The molecule has 4 rings (SSSR count). The second-order valence-electron chi connectivity index (χ2n) is 9.61. The molecule has 6 nitrogen and oxygen atoms in total. The molecule has 0 bridgehead atoms. The number of amides is 2. The molecule has 1 aliphatic rings. The Labute approximate surface area is 205 Å². The van der Waals surface area contributed by atoms with Gasteiger partial charge in [0.15, 0.2) is 0 Å². The monoisotopic (exact) mass is 477 g/mol. The maximum atomic E-state index is 14.1. The lowest BCUT2D eigenvalue weighted by atomic mass is 9.91. The first-order valence-corrected chi connectivity index (χ1v) is 12.1. The largest absolute Gasteiger partial charge is 0.360 e. The molecule has 7 heteroatoms. The van der Waals surface area contributed by atoms with Crippen molar-refractivity contribution < 1.29 is 18.5 Å². The Balaban J connectivity index is 1.45. The first-order valence-electron chi connectivity index (χ1n) is 12.1. The minimum Gasteiger partial charge on any atom is -0.360 e. The summed E-state index contributed by atoms with van der Waals surface area (Å²) in [5.41, 5.74) is 2.95. The Hall–Kier alpha value is -3.48. The molecule has 2 aromatic carbocycles. The van der Waals surface area contributed by atoms with Crippen LogP contribution in [0.2, 0.25) is 0 Å². The van der Waals surface area contributed by atoms with Crippen LogP contribution in [0.1, 0.15) is 62.6 Å². The fourth-order valence-electron chi connectivity index (χ4n) is 4.79. The third kappa shape index (κ3) is 5.29. The zero-order valence-electron chi connectivity index (χ0n) is 20.6. The highest BCUT2D eigenvalue weighted by Crippen LogP contribution is 2.31. The fraction of sp³-hybridized carbons (Fsp3) is 0.393. The van der Waals surface area contributed by atoms with Gasteiger partial charge in [0.1, 0.15) is 23.5 Å². The van der Waals surface area contributed by atoms with Gasteiger partial charge in [-0.25, -0.2) is 4.39 Å². The number of likely N-dealkylation sites (tertiary alicyclic amines) is 1. The number of aryl methyl sites for hydroxylation is 1. The fourth-order valence-corrected chi connectivity index (χ4v) is 4.79. The van der Waals surface area contributed by atoms with E-state index in [1.165, 1.54) is 6.07 Å². The molecule has 2 amide bonds. The molecule has 3 atom stereocenters. The molecule has 1 aromatic heterocycles. The minimum absolute atomic E-state index is 0.00560.